The van der Waals surface area contributed by atoms with Gasteiger partial charge >= 0.3 is 6.18 Å². The highest BCUT2D eigenvalue weighted by Gasteiger charge is 2.48. The zero-order valence-electron chi connectivity index (χ0n) is 20.0. The Morgan fingerprint density at radius 3 is 2.14 bits per heavy atom. The minimum absolute atomic E-state index is 0.0259. The molecular weight excluding hydrogens is 507 g/mol. The first-order valence-electron chi connectivity index (χ1n) is 11.9. The molecule has 2 aliphatic rings. The molecule has 1 saturated heterocycles. The highest BCUT2D eigenvalue weighted by molar-refractivity contribution is 6.36. The van der Waals surface area contributed by atoms with Crippen LogP contribution in [0.15, 0.2) is 54.6 Å². The quantitative estimate of drug-likeness (QED) is 0.510. The summed E-state index contributed by atoms with van der Waals surface area (Å²) in [5.74, 6) is -0.724. The molecular formula is C26H25ClF3N5O2. The van der Waals surface area contributed by atoms with Gasteiger partial charge in [0.1, 0.15) is 10.8 Å². The second-order valence-electron chi connectivity index (χ2n) is 9.31. The van der Waals surface area contributed by atoms with Crippen molar-refractivity contribution in [2.75, 3.05) is 31.5 Å². The minimum Gasteiger partial charge on any atom is -0.362 e. The molecule has 3 aromatic rings. The molecule has 0 aliphatic carbocycles. The predicted molar refractivity (Wildman–Crippen MR) is 133 cm³/mol. The third kappa shape index (κ3) is 4.90. The van der Waals surface area contributed by atoms with E-state index in [2.05, 4.69) is 10.4 Å². The second-order valence-corrected chi connectivity index (χ2v) is 9.68. The number of anilines is 1. The predicted octanol–water partition coefficient (Wildman–Crippen LogP) is 5.10. The fourth-order valence-electron chi connectivity index (χ4n) is 4.77. The van der Waals surface area contributed by atoms with Crippen molar-refractivity contribution in [1.82, 2.24) is 19.6 Å². The van der Waals surface area contributed by atoms with E-state index in [1.165, 1.54) is 4.90 Å². The first-order valence-corrected chi connectivity index (χ1v) is 12.3. The number of piperazine rings is 1. The molecule has 3 heterocycles. The number of hydrogen-bond acceptors (Lipinski definition) is 4. The average Bonchev–Trinajstić information content (AvgIpc) is 3.24. The number of rotatable bonds is 3. The van der Waals surface area contributed by atoms with E-state index in [0.29, 0.717) is 24.2 Å². The fourth-order valence-corrected chi connectivity index (χ4v) is 5.03. The number of carbonyl (C=O) groups is 2. The Morgan fingerprint density at radius 2 is 1.54 bits per heavy atom. The lowest BCUT2D eigenvalue weighted by molar-refractivity contribution is -0.173. The minimum atomic E-state index is -4.58. The Balaban J connectivity index is 1.36. The number of amides is 2. The van der Waals surface area contributed by atoms with Gasteiger partial charge in [-0.3, -0.25) is 9.59 Å². The summed E-state index contributed by atoms with van der Waals surface area (Å²) in [5, 5.41) is 6.97. The van der Waals surface area contributed by atoms with Crippen LogP contribution in [0.5, 0.6) is 0 Å². The lowest BCUT2D eigenvalue weighted by Crippen LogP contribution is -2.50. The lowest BCUT2D eigenvalue weighted by atomic mass is 9.96. The van der Waals surface area contributed by atoms with Crippen molar-refractivity contribution in [3.05, 3.63) is 82.0 Å². The van der Waals surface area contributed by atoms with E-state index in [-0.39, 0.29) is 42.0 Å². The van der Waals surface area contributed by atoms with Crippen LogP contribution in [0.4, 0.5) is 19.0 Å². The van der Waals surface area contributed by atoms with Gasteiger partial charge in [0.15, 0.2) is 11.7 Å². The van der Waals surface area contributed by atoms with E-state index in [1.807, 2.05) is 25.1 Å². The molecule has 7 nitrogen and oxygen atoms in total. The molecule has 1 aromatic heterocycles. The Kier molecular flexibility index (Phi) is 6.61. The zero-order valence-corrected chi connectivity index (χ0v) is 20.8. The van der Waals surface area contributed by atoms with E-state index in [9.17, 15) is 22.8 Å². The number of nitrogens with zero attached hydrogens (tertiary/aromatic N) is 4. The number of fused-ring (bicyclic) bond motifs is 1. The topological polar surface area (TPSA) is 70.5 Å². The molecule has 1 N–H and O–H groups in total. The normalized spacial score (nSPS) is 19.8. The first-order chi connectivity index (χ1) is 17.6. The van der Waals surface area contributed by atoms with Gasteiger partial charge in [0.2, 0.25) is 0 Å². The average molecular weight is 532 g/mol. The summed E-state index contributed by atoms with van der Waals surface area (Å²) in [6, 6.07) is 13.5. The van der Waals surface area contributed by atoms with Gasteiger partial charge in [-0.05, 0) is 24.6 Å². The molecule has 0 spiro atoms. The molecule has 0 unspecified atom stereocenters. The Labute approximate surface area is 216 Å². The summed E-state index contributed by atoms with van der Waals surface area (Å²) in [5.41, 5.74) is 2.01. The summed E-state index contributed by atoms with van der Waals surface area (Å²) in [4.78, 5) is 29.1. The van der Waals surface area contributed by atoms with Crippen molar-refractivity contribution < 1.29 is 22.8 Å². The van der Waals surface area contributed by atoms with Crippen LogP contribution < -0.4 is 5.32 Å². The van der Waals surface area contributed by atoms with Gasteiger partial charge in [0, 0.05) is 38.2 Å². The molecule has 37 heavy (non-hydrogen) atoms. The summed E-state index contributed by atoms with van der Waals surface area (Å²) in [7, 11) is 0. The van der Waals surface area contributed by atoms with Crippen LogP contribution in [-0.4, -0.2) is 63.7 Å². The van der Waals surface area contributed by atoms with Crippen LogP contribution >= 0.6 is 11.6 Å². The molecule has 194 valence electrons. The van der Waals surface area contributed by atoms with E-state index in [0.717, 1.165) is 10.2 Å². The lowest BCUT2D eigenvalue weighted by Gasteiger charge is -2.34. The van der Waals surface area contributed by atoms with Crippen LogP contribution in [0.2, 0.25) is 5.02 Å². The maximum absolute atomic E-state index is 14.1. The van der Waals surface area contributed by atoms with Crippen molar-refractivity contribution in [1.29, 1.82) is 0 Å². The van der Waals surface area contributed by atoms with Crippen molar-refractivity contribution >= 4 is 29.2 Å². The van der Waals surface area contributed by atoms with Crippen molar-refractivity contribution in [3.63, 3.8) is 0 Å². The largest absolute Gasteiger partial charge is 0.410 e. The molecule has 0 radical (unpaired) electrons. The van der Waals surface area contributed by atoms with Gasteiger partial charge in [0.25, 0.3) is 11.8 Å². The van der Waals surface area contributed by atoms with E-state index in [4.69, 9.17) is 11.6 Å². The zero-order chi connectivity index (χ0) is 26.3. The molecule has 0 bridgehead atoms. The Hall–Kier alpha value is -3.53. The molecule has 0 saturated carbocycles. The third-order valence-electron chi connectivity index (χ3n) is 6.85. The van der Waals surface area contributed by atoms with Crippen LogP contribution in [0.25, 0.3) is 0 Å². The SMILES string of the molecule is Cc1ccc([C@H]2C[C@@H](C(F)(F)F)n3nc(C(=O)N4CCN(C(=O)c5ccccc5)CC4)c(Cl)c3N2)cc1. The van der Waals surface area contributed by atoms with E-state index in [1.54, 1.807) is 41.3 Å². The number of aromatic nitrogens is 2. The highest BCUT2D eigenvalue weighted by Crippen LogP contribution is 2.46. The summed E-state index contributed by atoms with van der Waals surface area (Å²) >= 11 is 6.48. The van der Waals surface area contributed by atoms with Crippen molar-refractivity contribution in [2.45, 2.75) is 31.6 Å². The van der Waals surface area contributed by atoms with Gasteiger partial charge in [-0.25, -0.2) is 4.68 Å². The van der Waals surface area contributed by atoms with Crippen LogP contribution in [0.3, 0.4) is 0 Å². The third-order valence-corrected chi connectivity index (χ3v) is 7.21. The van der Waals surface area contributed by atoms with Gasteiger partial charge < -0.3 is 15.1 Å². The summed E-state index contributed by atoms with van der Waals surface area (Å²) in [6.45, 7) is 2.93. The number of benzene rings is 2. The molecule has 2 aromatic carbocycles. The monoisotopic (exact) mass is 531 g/mol. The molecule has 2 amide bonds. The fraction of sp³-hybridized carbons (Fsp3) is 0.346. The molecule has 2 atom stereocenters. The van der Waals surface area contributed by atoms with Gasteiger partial charge in [-0.2, -0.15) is 18.3 Å². The number of nitrogens with one attached hydrogen (secondary N) is 1. The maximum atomic E-state index is 14.1. The molecule has 5 rings (SSSR count). The van der Waals surface area contributed by atoms with Crippen molar-refractivity contribution in [2.24, 2.45) is 0 Å². The van der Waals surface area contributed by atoms with E-state index < -0.39 is 24.2 Å². The summed E-state index contributed by atoms with van der Waals surface area (Å²) in [6.07, 6.45) is -4.87. The maximum Gasteiger partial charge on any atom is 0.410 e. The van der Waals surface area contributed by atoms with Gasteiger partial charge in [0.05, 0.1) is 6.04 Å². The van der Waals surface area contributed by atoms with Crippen LogP contribution in [0, 0.1) is 6.92 Å². The molecule has 1 fully saturated rings. The number of halogens is 4. The second kappa shape index (κ2) is 9.74. The van der Waals surface area contributed by atoms with Gasteiger partial charge in [-0.1, -0.05) is 59.6 Å². The van der Waals surface area contributed by atoms with Crippen LogP contribution in [0.1, 0.15) is 50.5 Å². The number of carbonyl (C=O) groups excluding carboxylic acids is 2. The standard InChI is InChI=1S/C26H25ClF3N5O2/c1-16-7-9-17(10-8-16)19-15-20(26(28,29)30)35-23(31-19)21(27)22(32-35)25(37)34-13-11-33(12-14-34)24(36)18-5-3-2-4-6-18/h2-10,19-20,31H,11-15H2,1H3/t19-,20+/m1/s1. The van der Waals surface area contributed by atoms with Crippen LogP contribution in [-0.2, 0) is 0 Å². The Morgan fingerprint density at radius 1 is 0.946 bits per heavy atom. The number of alkyl halides is 3. The number of aryl methyl sites for hydroxylation is 1. The van der Waals surface area contributed by atoms with Gasteiger partial charge in [-0.15, -0.1) is 0 Å². The Bertz CT molecular complexity index is 1300. The first kappa shape index (κ1) is 25.1. The number of hydrogen-bond donors (Lipinski definition) is 1. The molecule has 11 heteroatoms. The smallest absolute Gasteiger partial charge is 0.362 e. The van der Waals surface area contributed by atoms with E-state index >= 15 is 0 Å². The highest BCUT2D eigenvalue weighted by atomic mass is 35.5. The van der Waals surface area contributed by atoms with Crippen molar-refractivity contribution in [3.8, 4) is 0 Å². The summed E-state index contributed by atoms with van der Waals surface area (Å²) < 4.78 is 43.0. The molecule has 2 aliphatic heterocycles.